The normalized spacial score (nSPS) is 17.3. The van der Waals surface area contributed by atoms with Gasteiger partial charge in [-0.2, -0.15) is 0 Å². The fourth-order valence-corrected chi connectivity index (χ4v) is 2.12. The van der Waals surface area contributed by atoms with Crippen LogP contribution in [0.25, 0.3) is 0 Å². The van der Waals surface area contributed by atoms with Gasteiger partial charge in [-0.25, -0.2) is 4.98 Å². The molecule has 1 radical (unpaired) electrons. The first-order valence-electron chi connectivity index (χ1n) is 4.84. The number of carbonyl (C=O) groups is 1. The summed E-state index contributed by atoms with van der Waals surface area (Å²) in [6.45, 7) is 1.96. The fourth-order valence-electron chi connectivity index (χ4n) is 1.60. The van der Waals surface area contributed by atoms with Gasteiger partial charge in [0.25, 0.3) is 0 Å². The molecule has 15 heavy (non-hydrogen) atoms. The van der Waals surface area contributed by atoms with Crippen LogP contribution in [0.5, 0.6) is 5.88 Å². The Morgan fingerprint density at radius 2 is 2.13 bits per heavy atom. The largest absolute Gasteiger partial charge is 0.474 e. The molecule has 1 aromatic rings. The Morgan fingerprint density at radius 3 is 2.67 bits per heavy atom. The second kappa shape index (κ2) is 5.69. The summed E-state index contributed by atoms with van der Waals surface area (Å²) < 4.78 is 5.67. The van der Waals surface area contributed by atoms with Gasteiger partial charge >= 0.3 is 0 Å². The van der Waals surface area contributed by atoms with Crippen molar-refractivity contribution < 1.29 is 9.53 Å². The van der Waals surface area contributed by atoms with Crippen LogP contribution in [0.4, 0.5) is 0 Å². The molecule has 5 heteroatoms. The second-order valence-corrected chi connectivity index (χ2v) is 4.62. The standard InChI is InChI=1S/C10H13NO2S.Li/c1-7-11-10(6-14-7)13-9-4-2-8(12)3-5-9;/h6,9H,2-5H2,1H3;. The molecule has 1 aliphatic carbocycles. The van der Waals surface area contributed by atoms with Gasteiger partial charge in [0.2, 0.25) is 5.88 Å². The SMILES string of the molecule is Cc1nc(OC2CCC(=O)CC2)cs1.[Li]. The van der Waals surface area contributed by atoms with Crippen LogP contribution in [0.15, 0.2) is 5.38 Å². The van der Waals surface area contributed by atoms with Gasteiger partial charge < -0.3 is 4.74 Å². The van der Waals surface area contributed by atoms with Crippen molar-refractivity contribution in [2.24, 2.45) is 0 Å². The Morgan fingerprint density at radius 1 is 1.47 bits per heavy atom. The summed E-state index contributed by atoms with van der Waals surface area (Å²) in [5.41, 5.74) is 0. The summed E-state index contributed by atoms with van der Waals surface area (Å²) in [5.74, 6) is 1.08. The van der Waals surface area contributed by atoms with Crippen LogP contribution in [0, 0.1) is 6.92 Å². The molecule has 0 saturated heterocycles. The van der Waals surface area contributed by atoms with E-state index < -0.39 is 0 Å². The van der Waals surface area contributed by atoms with Gasteiger partial charge in [0, 0.05) is 31.7 Å². The van der Waals surface area contributed by atoms with Crippen LogP contribution in [0.2, 0.25) is 0 Å². The van der Waals surface area contributed by atoms with Crippen molar-refractivity contribution in [1.82, 2.24) is 4.98 Å². The second-order valence-electron chi connectivity index (χ2n) is 3.56. The quantitative estimate of drug-likeness (QED) is 0.712. The summed E-state index contributed by atoms with van der Waals surface area (Å²) in [4.78, 5) is 15.2. The van der Waals surface area contributed by atoms with Gasteiger partial charge in [-0.3, -0.25) is 4.79 Å². The number of Topliss-reactive ketones (excluding diaryl/α,β-unsaturated/α-hetero) is 1. The molecular weight excluding hydrogens is 205 g/mol. The molecule has 0 aromatic carbocycles. The van der Waals surface area contributed by atoms with E-state index in [1.165, 1.54) is 0 Å². The minimum Gasteiger partial charge on any atom is -0.474 e. The fraction of sp³-hybridized carbons (Fsp3) is 0.600. The first-order valence-corrected chi connectivity index (χ1v) is 5.72. The van der Waals surface area contributed by atoms with Gasteiger partial charge in [0.15, 0.2) is 0 Å². The zero-order chi connectivity index (χ0) is 9.97. The number of ether oxygens (including phenoxy) is 1. The summed E-state index contributed by atoms with van der Waals surface area (Å²) in [6.07, 6.45) is 3.20. The molecule has 77 valence electrons. The van der Waals surface area contributed by atoms with Crippen LogP contribution < -0.4 is 4.74 Å². The topological polar surface area (TPSA) is 39.2 Å². The molecule has 1 aliphatic rings. The van der Waals surface area contributed by atoms with E-state index in [9.17, 15) is 4.79 Å². The van der Waals surface area contributed by atoms with Crippen molar-refractivity contribution in [1.29, 1.82) is 0 Å². The molecule has 0 atom stereocenters. The van der Waals surface area contributed by atoms with E-state index in [0.717, 1.165) is 17.8 Å². The van der Waals surface area contributed by atoms with Crippen molar-refractivity contribution in [3.63, 3.8) is 0 Å². The molecule has 3 nitrogen and oxygen atoms in total. The molecule has 1 heterocycles. The number of thiazole rings is 1. The van der Waals surface area contributed by atoms with Crippen LogP contribution in [0.3, 0.4) is 0 Å². The number of carbonyl (C=O) groups excluding carboxylic acids is 1. The molecule has 0 aliphatic heterocycles. The zero-order valence-corrected chi connectivity index (χ0v) is 9.97. The minimum atomic E-state index is 0. The van der Waals surface area contributed by atoms with Crippen LogP contribution >= 0.6 is 11.3 Å². The van der Waals surface area contributed by atoms with Gasteiger partial charge in [0.1, 0.15) is 11.9 Å². The van der Waals surface area contributed by atoms with E-state index in [0.29, 0.717) is 24.5 Å². The Bertz CT molecular complexity index is 330. The predicted molar refractivity (Wildman–Crippen MR) is 60.5 cm³/mol. The molecule has 1 fully saturated rings. The third kappa shape index (κ3) is 3.64. The van der Waals surface area contributed by atoms with Crippen molar-refractivity contribution in [2.45, 2.75) is 38.7 Å². The van der Waals surface area contributed by atoms with Crippen LogP contribution in [-0.4, -0.2) is 35.7 Å². The van der Waals surface area contributed by atoms with E-state index in [1.807, 2.05) is 12.3 Å². The third-order valence-corrected chi connectivity index (χ3v) is 3.13. The van der Waals surface area contributed by atoms with Gasteiger partial charge in [0.05, 0.1) is 10.4 Å². The maximum atomic E-state index is 11.0. The molecular formula is C10H13LiNO2S. The number of aryl methyl sites for hydroxylation is 1. The van der Waals surface area contributed by atoms with Crippen LogP contribution in [0.1, 0.15) is 30.7 Å². The smallest absolute Gasteiger partial charge is 0.224 e. The van der Waals surface area contributed by atoms with Gasteiger partial charge in [-0.15, -0.1) is 11.3 Å². The number of hydrogen-bond acceptors (Lipinski definition) is 4. The maximum absolute atomic E-state index is 11.0. The number of aromatic nitrogens is 1. The van der Waals surface area contributed by atoms with Gasteiger partial charge in [-0.1, -0.05) is 0 Å². The average molecular weight is 218 g/mol. The number of nitrogens with zero attached hydrogens (tertiary/aromatic N) is 1. The summed E-state index contributed by atoms with van der Waals surface area (Å²) in [7, 11) is 0. The molecule has 0 amide bonds. The summed E-state index contributed by atoms with van der Waals surface area (Å²) in [5, 5.41) is 2.94. The molecule has 1 saturated carbocycles. The van der Waals surface area contributed by atoms with Gasteiger partial charge in [-0.05, 0) is 19.8 Å². The Hall–Kier alpha value is -0.303. The third-order valence-electron chi connectivity index (χ3n) is 2.38. The minimum absolute atomic E-state index is 0. The molecule has 0 spiro atoms. The number of ketones is 1. The predicted octanol–water partition coefficient (Wildman–Crippen LogP) is 1.96. The number of rotatable bonds is 2. The summed E-state index contributed by atoms with van der Waals surface area (Å²) >= 11 is 1.59. The zero-order valence-electron chi connectivity index (χ0n) is 9.16. The van der Waals surface area contributed by atoms with E-state index in [1.54, 1.807) is 11.3 Å². The van der Waals surface area contributed by atoms with E-state index >= 15 is 0 Å². The molecule has 0 bridgehead atoms. The van der Waals surface area contributed by atoms with E-state index in [-0.39, 0.29) is 25.0 Å². The van der Waals surface area contributed by atoms with Crippen molar-refractivity contribution in [3.05, 3.63) is 10.4 Å². The Kier molecular flexibility index (Phi) is 4.84. The number of hydrogen-bond donors (Lipinski definition) is 0. The summed E-state index contributed by atoms with van der Waals surface area (Å²) in [6, 6.07) is 0. The van der Waals surface area contributed by atoms with Crippen molar-refractivity contribution in [3.8, 4) is 5.88 Å². The molecule has 0 N–H and O–H groups in total. The van der Waals surface area contributed by atoms with Crippen LogP contribution in [-0.2, 0) is 4.79 Å². The first-order chi connectivity index (χ1) is 6.74. The Labute approximate surface area is 105 Å². The van der Waals surface area contributed by atoms with Crippen molar-refractivity contribution >= 4 is 36.0 Å². The monoisotopic (exact) mass is 218 g/mol. The molecule has 1 aromatic heterocycles. The molecule has 0 unspecified atom stereocenters. The average Bonchev–Trinajstić information content (AvgIpc) is 2.56. The Balaban J connectivity index is 0.00000112. The molecule has 2 rings (SSSR count). The van der Waals surface area contributed by atoms with Crippen molar-refractivity contribution in [2.75, 3.05) is 0 Å². The maximum Gasteiger partial charge on any atom is 0.224 e. The first kappa shape index (κ1) is 12.8. The van der Waals surface area contributed by atoms with E-state index in [2.05, 4.69) is 4.98 Å². The van der Waals surface area contributed by atoms with E-state index in [4.69, 9.17) is 4.74 Å².